The minimum absolute atomic E-state index is 0.0854. The molecule has 116 valence electrons. The van der Waals surface area contributed by atoms with Crippen LogP contribution in [0, 0.1) is 0 Å². The second-order valence-corrected chi connectivity index (χ2v) is 5.21. The van der Waals surface area contributed by atoms with Gasteiger partial charge >= 0.3 is 0 Å². The fourth-order valence-corrected chi connectivity index (χ4v) is 2.25. The van der Waals surface area contributed by atoms with Crippen LogP contribution in [0.15, 0.2) is 24.3 Å². The van der Waals surface area contributed by atoms with Gasteiger partial charge in [0.25, 0.3) is 0 Å². The lowest BCUT2D eigenvalue weighted by molar-refractivity contribution is -0.116. The van der Waals surface area contributed by atoms with Crippen LogP contribution in [0.5, 0.6) is 0 Å². The van der Waals surface area contributed by atoms with Crippen LogP contribution in [0.25, 0.3) is 0 Å². The van der Waals surface area contributed by atoms with Gasteiger partial charge in [0.15, 0.2) is 0 Å². The number of hydrogen-bond donors (Lipinski definition) is 3. The quantitative estimate of drug-likeness (QED) is 0.600. The highest BCUT2D eigenvalue weighted by Crippen LogP contribution is 2.15. The van der Waals surface area contributed by atoms with Gasteiger partial charge in [-0.25, -0.2) is 0 Å². The van der Waals surface area contributed by atoms with Crippen molar-refractivity contribution >= 4 is 28.8 Å². The van der Waals surface area contributed by atoms with Crippen molar-refractivity contribution in [2.24, 2.45) is 5.73 Å². The average Bonchev–Trinajstić information content (AvgIpc) is 2.45. The Morgan fingerprint density at radius 1 is 1.33 bits per heavy atom. The monoisotopic (exact) mass is 309 g/mol. The van der Waals surface area contributed by atoms with Crippen LogP contribution in [0.2, 0.25) is 0 Å². The Balaban J connectivity index is 2.55. The predicted octanol–water partition coefficient (Wildman–Crippen LogP) is 1.35. The van der Waals surface area contributed by atoms with Crippen molar-refractivity contribution in [1.82, 2.24) is 4.90 Å². The third-order valence-electron chi connectivity index (χ3n) is 3.08. The Hall–Kier alpha value is -1.50. The minimum Gasteiger partial charge on any atom is -0.395 e. The Morgan fingerprint density at radius 3 is 2.67 bits per heavy atom. The Kier molecular flexibility index (Phi) is 7.89. The van der Waals surface area contributed by atoms with E-state index in [1.165, 1.54) is 0 Å². The number of hydrogen-bond acceptors (Lipinski definition) is 4. The largest absolute Gasteiger partial charge is 0.395 e. The van der Waals surface area contributed by atoms with Gasteiger partial charge in [-0.05, 0) is 25.1 Å². The van der Waals surface area contributed by atoms with E-state index in [9.17, 15) is 4.79 Å². The minimum atomic E-state index is -0.0854. The fourth-order valence-electron chi connectivity index (χ4n) is 2.07. The molecule has 4 N–H and O–H groups in total. The summed E-state index contributed by atoms with van der Waals surface area (Å²) in [4.78, 5) is 14.3. The molecule has 1 aromatic rings. The number of aliphatic hydroxyl groups excluding tert-OH is 1. The van der Waals surface area contributed by atoms with E-state index < -0.39 is 0 Å². The SMILES string of the molecule is CCCN(CCO)CCC(=O)Nc1ccccc1C(N)=S. The Bertz CT molecular complexity index is 474. The Morgan fingerprint density at radius 2 is 2.05 bits per heavy atom. The molecule has 0 saturated carbocycles. The van der Waals surface area contributed by atoms with E-state index in [2.05, 4.69) is 17.1 Å². The number of thiocarbonyl (C=S) groups is 1. The smallest absolute Gasteiger partial charge is 0.225 e. The topological polar surface area (TPSA) is 78.6 Å². The molecular formula is C15H23N3O2S. The summed E-state index contributed by atoms with van der Waals surface area (Å²) in [6.45, 7) is 4.26. The van der Waals surface area contributed by atoms with Gasteiger partial charge in [0.2, 0.25) is 5.91 Å². The summed E-state index contributed by atoms with van der Waals surface area (Å²) in [5.41, 5.74) is 6.94. The van der Waals surface area contributed by atoms with Gasteiger partial charge in [-0.2, -0.15) is 0 Å². The first kappa shape index (κ1) is 17.6. The molecule has 0 aliphatic rings. The molecule has 0 aliphatic heterocycles. The predicted molar refractivity (Wildman–Crippen MR) is 89.4 cm³/mol. The van der Waals surface area contributed by atoms with Gasteiger partial charge in [0, 0.05) is 25.1 Å². The zero-order valence-corrected chi connectivity index (χ0v) is 13.2. The van der Waals surface area contributed by atoms with Gasteiger partial charge in [-0.15, -0.1) is 0 Å². The number of nitrogens with two attached hydrogens (primary N) is 1. The molecule has 0 fully saturated rings. The molecule has 0 unspecified atom stereocenters. The summed E-state index contributed by atoms with van der Waals surface area (Å²) in [7, 11) is 0. The molecule has 1 amide bonds. The molecule has 6 heteroatoms. The third-order valence-corrected chi connectivity index (χ3v) is 3.30. The molecule has 0 aliphatic carbocycles. The first-order valence-electron chi connectivity index (χ1n) is 7.10. The van der Waals surface area contributed by atoms with Crippen LogP contribution in [-0.2, 0) is 4.79 Å². The van der Waals surface area contributed by atoms with Gasteiger partial charge in [0.05, 0.1) is 12.3 Å². The first-order valence-corrected chi connectivity index (χ1v) is 7.51. The Labute approximate surface area is 131 Å². The van der Waals surface area contributed by atoms with Crippen molar-refractivity contribution in [3.05, 3.63) is 29.8 Å². The van der Waals surface area contributed by atoms with Gasteiger partial charge < -0.3 is 21.1 Å². The molecule has 0 saturated heterocycles. The van der Waals surface area contributed by atoms with E-state index in [0.717, 1.165) is 13.0 Å². The number of rotatable bonds is 9. The number of amides is 1. The molecule has 0 atom stereocenters. The lowest BCUT2D eigenvalue weighted by atomic mass is 10.1. The zero-order valence-electron chi connectivity index (χ0n) is 12.3. The summed E-state index contributed by atoms with van der Waals surface area (Å²) in [6.07, 6.45) is 1.36. The molecule has 1 rings (SSSR count). The van der Waals surface area contributed by atoms with Crippen LogP contribution in [0.4, 0.5) is 5.69 Å². The van der Waals surface area contributed by atoms with E-state index in [-0.39, 0.29) is 17.5 Å². The standard InChI is InChI=1S/C15H23N3O2S/c1-2-8-18(10-11-19)9-7-14(20)17-13-6-4-3-5-12(13)15(16)21/h3-6,19H,2,7-11H2,1H3,(H2,16,21)(H,17,20). The summed E-state index contributed by atoms with van der Waals surface area (Å²) in [5.74, 6) is -0.0854. The van der Waals surface area contributed by atoms with Gasteiger partial charge in [-0.1, -0.05) is 31.3 Å². The summed E-state index contributed by atoms with van der Waals surface area (Å²) in [5, 5.41) is 11.8. The van der Waals surface area contributed by atoms with E-state index in [1.54, 1.807) is 12.1 Å². The number of nitrogens with one attached hydrogen (secondary N) is 1. The van der Waals surface area contributed by atoms with E-state index >= 15 is 0 Å². The van der Waals surface area contributed by atoms with Gasteiger partial charge in [0.1, 0.15) is 4.99 Å². The molecule has 0 radical (unpaired) electrons. The van der Waals surface area contributed by atoms with Crippen molar-refractivity contribution in [3.63, 3.8) is 0 Å². The lowest BCUT2D eigenvalue weighted by Gasteiger charge is -2.20. The first-order chi connectivity index (χ1) is 10.1. The van der Waals surface area contributed by atoms with E-state index in [1.807, 2.05) is 12.1 Å². The number of benzene rings is 1. The maximum atomic E-state index is 12.0. The highest BCUT2D eigenvalue weighted by Gasteiger charge is 2.10. The molecule has 0 bridgehead atoms. The van der Waals surface area contributed by atoms with E-state index in [0.29, 0.717) is 30.8 Å². The molecular weight excluding hydrogens is 286 g/mol. The third kappa shape index (κ3) is 6.20. The normalized spacial score (nSPS) is 10.6. The summed E-state index contributed by atoms with van der Waals surface area (Å²) < 4.78 is 0. The average molecular weight is 309 g/mol. The number of anilines is 1. The van der Waals surface area contributed by atoms with Crippen LogP contribution < -0.4 is 11.1 Å². The molecule has 1 aromatic carbocycles. The molecule has 0 aromatic heterocycles. The van der Waals surface area contributed by atoms with Crippen LogP contribution in [-0.4, -0.2) is 47.1 Å². The number of para-hydroxylation sites is 1. The number of carbonyl (C=O) groups excluding carboxylic acids is 1. The lowest BCUT2D eigenvalue weighted by Crippen LogP contribution is -2.31. The van der Waals surface area contributed by atoms with Crippen molar-refractivity contribution < 1.29 is 9.90 Å². The number of nitrogens with zero attached hydrogens (tertiary/aromatic N) is 1. The van der Waals surface area contributed by atoms with Crippen LogP contribution >= 0.6 is 12.2 Å². The van der Waals surface area contributed by atoms with Crippen molar-refractivity contribution in [2.45, 2.75) is 19.8 Å². The molecule has 5 nitrogen and oxygen atoms in total. The fraction of sp³-hybridized carbons (Fsp3) is 0.467. The summed E-state index contributed by atoms with van der Waals surface area (Å²) in [6, 6.07) is 7.22. The van der Waals surface area contributed by atoms with Crippen molar-refractivity contribution in [1.29, 1.82) is 0 Å². The van der Waals surface area contributed by atoms with Gasteiger partial charge in [-0.3, -0.25) is 4.79 Å². The highest BCUT2D eigenvalue weighted by atomic mass is 32.1. The maximum Gasteiger partial charge on any atom is 0.225 e. The zero-order chi connectivity index (χ0) is 15.7. The van der Waals surface area contributed by atoms with Crippen LogP contribution in [0.1, 0.15) is 25.3 Å². The molecule has 0 spiro atoms. The molecule has 21 heavy (non-hydrogen) atoms. The van der Waals surface area contributed by atoms with Crippen LogP contribution in [0.3, 0.4) is 0 Å². The van der Waals surface area contributed by atoms with Crippen molar-refractivity contribution in [2.75, 3.05) is 31.6 Å². The highest BCUT2D eigenvalue weighted by molar-refractivity contribution is 7.80. The summed E-state index contributed by atoms with van der Waals surface area (Å²) >= 11 is 4.97. The molecule has 0 heterocycles. The van der Waals surface area contributed by atoms with Crippen molar-refractivity contribution in [3.8, 4) is 0 Å². The second-order valence-electron chi connectivity index (χ2n) is 4.77. The number of carbonyl (C=O) groups is 1. The number of aliphatic hydroxyl groups is 1. The van der Waals surface area contributed by atoms with E-state index in [4.69, 9.17) is 23.1 Å². The second kappa shape index (κ2) is 9.44. The maximum absolute atomic E-state index is 12.0.